The van der Waals surface area contributed by atoms with E-state index in [4.69, 9.17) is 10.5 Å². The Kier molecular flexibility index (Phi) is 5.55. The van der Waals surface area contributed by atoms with Crippen molar-refractivity contribution in [3.05, 3.63) is 18.3 Å². The van der Waals surface area contributed by atoms with Crippen molar-refractivity contribution in [3.8, 4) is 0 Å². The van der Waals surface area contributed by atoms with Crippen molar-refractivity contribution in [3.63, 3.8) is 0 Å². The number of ether oxygens (including phenoxy) is 1. The van der Waals surface area contributed by atoms with Gasteiger partial charge in [-0.05, 0) is 37.8 Å². The van der Waals surface area contributed by atoms with E-state index in [-0.39, 0.29) is 11.0 Å². The predicted octanol–water partition coefficient (Wildman–Crippen LogP) is 1.18. The van der Waals surface area contributed by atoms with Crippen LogP contribution in [0, 0.1) is 0 Å². The number of hydrogen-bond donors (Lipinski definition) is 2. The van der Waals surface area contributed by atoms with Gasteiger partial charge in [-0.2, -0.15) is 0 Å². The summed E-state index contributed by atoms with van der Waals surface area (Å²) in [6.07, 6.45) is 7.04. The standard InChI is InChI=1S/C14H23N3O3S/c1-21(18,19)13-3-2-8-16-14(13)17-9-10-20-12-6-4-11(15)5-7-12/h2-3,8,11-12H,4-7,9-10,15H2,1H3,(H,16,17). The topological polar surface area (TPSA) is 94.3 Å². The van der Waals surface area contributed by atoms with E-state index in [1.807, 2.05) is 0 Å². The zero-order valence-electron chi connectivity index (χ0n) is 12.3. The van der Waals surface area contributed by atoms with Gasteiger partial charge in [-0.25, -0.2) is 13.4 Å². The van der Waals surface area contributed by atoms with Crippen LogP contribution in [0.1, 0.15) is 25.7 Å². The maximum atomic E-state index is 11.6. The van der Waals surface area contributed by atoms with Gasteiger partial charge in [0.2, 0.25) is 0 Å². The Morgan fingerprint density at radius 1 is 1.38 bits per heavy atom. The molecule has 0 atom stereocenters. The Bertz CT molecular complexity index is 554. The zero-order valence-corrected chi connectivity index (χ0v) is 13.1. The molecule has 0 amide bonds. The fourth-order valence-corrected chi connectivity index (χ4v) is 3.27. The van der Waals surface area contributed by atoms with E-state index in [0.29, 0.717) is 25.0 Å². The van der Waals surface area contributed by atoms with Crippen LogP contribution < -0.4 is 11.1 Å². The number of aromatic nitrogens is 1. The van der Waals surface area contributed by atoms with E-state index in [1.165, 1.54) is 6.26 Å². The number of nitrogens with one attached hydrogen (secondary N) is 1. The van der Waals surface area contributed by atoms with Crippen molar-refractivity contribution >= 4 is 15.7 Å². The van der Waals surface area contributed by atoms with Gasteiger partial charge in [-0.15, -0.1) is 0 Å². The first-order valence-electron chi connectivity index (χ1n) is 7.23. The highest BCUT2D eigenvalue weighted by molar-refractivity contribution is 7.90. The van der Waals surface area contributed by atoms with Crippen molar-refractivity contribution in [1.29, 1.82) is 0 Å². The van der Waals surface area contributed by atoms with Crippen LogP contribution in [0.25, 0.3) is 0 Å². The van der Waals surface area contributed by atoms with Crippen LogP contribution in [-0.4, -0.2) is 45.0 Å². The Morgan fingerprint density at radius 2 is 2.10 bits per heavy atom. The first kappa shape index (κ1) is 16.2. The predicted molar refractivity (Wildman–Crippen MR) is 82.0 cm³/mol. The summed E-state index contributed by atoms with van der Waals surface area (Å²) in [6.45, 7) is 1.06. The zero-order chi connectivity index (χ0) is 15.3. The number of nitrogens with two attached hydrogens (primary N) is 1. The van der Waals surface area contributed by atoms with E-state index in [2.05, 4.69) is 10.3 Å². The summed E-state index contributed by atoms with van der Waals surface area (Å²) < 4.78 is 29.1. The van der Waals surface area contributed by atoms with Crippen molar-refractivity contribution in [1.82, 2.24) is 4.98 Å². The lowest BCUT2D eigenvalue weighted by Crippen LogP contribution is -2.31. The number of hydrogen-bond acceptors (Lipinski definition) is 6. The molecule has 2 rings (SSSR count). The molecular weight excluding hydrogens is 290 g/mol. The highest BCUT2D eigenvalue weighted by Crippen LogP contribution is 2.20. The van der Waals surface area contributed by atoms with E-state index >= 15 is 0 Å². The lowest BCUT2D eigenvalue weighted by Gasteiger charge is -2.26. The molecule has 1 aromatic heterocycles. The summed E-state index contributed by atoms with van der Waals surface area (Å²) >= 11 is 0. The van der Waals surface area contributed by atoms with Gasteiger partial charge in [0.15, 0.2) is 9.84 Å². The summed E-state index contributed by atoms with van der Waals surface area (Å²) in [5.41, 5.74) is 5.85. The second kappa shape index (κ2) is 7.20. The molecule has 1 fully saturated rings. The average molecular weight is 313 g/mol. The third-order valence-electron chi connectivity index (χ3n) is 3.64. The molecule has 7 heteroatoms. The fraction of sp³-hybridized carbons (Fsp3) is 0.643. The monoisotopic (exact) mass is 313 g/mol. The minimum atomic E-state index is -3.28. The maximum Gasteiger partial charge on any atom is 0.179 e. The molecule has 1 aliphatic rings. The molecule has 21 heavy (non-hydrogen) atoms. The molecule has 0 aromatic carbocycles. The Hall–Kier alpha value is -1.18. The second-order valence-corrected chi connectivity index (χ2v) is 7.44. The molecule has 0 aliphatic heterocycles. The first-order chi connectivity index (χ1) is 9.97. The number of pyridine rings is 1. The van der Waals surface area contributed by atoms with Crippen molar-refractivity contribution in [2.75, 3.05) is 24.7 Å². The second-order valence-electron chi connectivity index (χ2n) is 5.46. The normalized spacial score (nSPS) is 23.0. The molecule has 118 valence electrons. The van der Waals surface area contributed by atoms with E-state index < -0.39 is 9.84 Å². The van der Waals surface area contributed by atoms with Gasteiger partial charge in [0.05, 0.1) is 12.7 Å². The van der Waals surface area contributed by atoms with Crippen LogP contribution in [0.15, 0.2) is 23.2 Å². The molecule has 1 saturated carbocycles. The van der Waals surface area contributed by atoms with E-state index in [0.717, 1.165) is 25.7 Å². The van der Waals surface area contributed by atoms with Crippen LogP contribution in [-0.2, 0) is 14.6 Å². The van der Waals surface area contributed by atoms with Gasteiger partial charge in [0, 0.05) is 25.0 Å². The van der Waals surface area contributed by atoms with Gasteiger partial charge >= 0.3 is 0 Å². The van der Waals surface area contributed by atoms with E-state index in [1.54, 1.807) is 18.3 Å². The summed E-state index contributed by atoms with van der Waals surface area (Å²) in [5.74, 6) is 0.384. The van der Waals surface area contributed by atoms with Crippen LogP contribution in [0.3, 0.4) is 0 Å². The lowest BCUT2D eigenvalue weighted by molar-refractivity contribution is 0.0312. The largest absolute Gasteiger partial charge is 0.376 e. The van der Waals surface area contributed by atoms with Gasteiger partial charge < -0.3 is 15.8 Å². The third kappa shape index (κ3) is 4.94. The van der Waals surface area contributed by atoms with Crippen LogP contribution in [0.5, 0.6) is 0 Å². The number of rotatable bonds is 6. The van der Waals surface area contributed by atoms with Crippen LogP contribution in [0.4, 0.5) is 5.82 Å². The molecular formula is C14H23N3O3S. The third-order valence-corrected chi connectivity index (χ3v) is 4.77. The molecule has 1 aromatic rings. The Balaban J connectivity index is 1.79. The van der Waals surface area contributed by atoms with Crippen LogP contribution in [0.2, 0.25) is 0 Å². The smallest absolute Gasteiger partial charge is 0.179 e. The summed E-state index contributed by atoms with van der Waals surface area (Å²) in [4.78, 5) is 4.29. The lowest BCUT2D eigenvalue weighted by atomic mass is 9.94. The molecule has 0 spiro atoms. The number of sulfone groups is 1. The molecule has 0 saturated heterocycles. The number of anilines is 1. The quantitative estimate of drug-likeness (QED) is 0.766. The molecule has 0 unspecified atom stereocenters. The Labute approximate surface area is 126 Å². The minimum absolute atomic E-state index is 0.216. The maximum absolute atomic E-state index is 11.6. The van der Waals surface area contributed by atoms with Gasteiger partial charge in [-0.3, -0.25) is 0 Å². The van der Waals surface area contributed by atoms with Crippen LogP contribution >= 0.6 is 0 Å². The SMILES string of the molecule is CS(=O)(=O)c1cccnc1NCCOC1CCC(N)CC1. The molecule has 1 aliphatic carbocycles. The van der Waals surface area contributed by atoms with Crippen molar-refractivity contribution in [2.24, 2.45) is 5.73 Å². The molecule has 1 heterocycles. The molecule has 6 nitrogen and oxygen atoms in total. The summed E-state index contributed by atoms with van der Waals surface area (Å²) in [5, 5.41) is 3.03. The average Bonchev–Trinajstić information content (AvgIpc) is 2.45. The van der Waals surface area contributed by atoms with Crippen molar-refractivity contribution < 1.29 is 13.2 Å². The Morgan fingerprint density at radius 3 is 2.76 bits per heavy atom. The van der Waals surface area contributed by atoms with Gasteiger partial charge in [0.1, 0.15) is 10.7 Å². The van der Waals surface area contributed by atoms with Gasteiger partial charge in [-0.1, -0.05) is 0 Å². The van der Waals surface area contributed by atoms with E-state index in [9.17, 15) is 8.42 Å². The first-order valence-corrected chi connectivity index (χ1v) is 9.12. The summed E-state index contributed by atoms with van der Waals surface area (Å²) in [7, 11) is -3.28. The van der Waals surface area contributed by atoms with Crippen molar-refractivity contribution in [2.45, 2.75) is 42.7 Å². The molecule has 0 bridgehead atoms. The highest BCUT2D eigenvalue weighted by atomic mass is 32.2. The summed E-state index contributed by atoms with van der Waals surface area (Å²) in [6, 6.07) is 3.48. The number of nitrogens with zero attached hydrogens (tertiary/aromatic N) is 1. The highest BCUT2D eigenvalue weighted by Gasteiger charge is 2.19. The molecule has 3 N–H and O–H groups in total. The fourth-order valence-electron chi connectivity index (χ4n) is 2.47. The molecule has 0 radical (unpaired) electrons. The minimum Gasteiger partial charge on any atom is -0.376 e. The van der Waals surface area contributed by atoms with Gasteiger partial charge in [0.25, 0.3) is 0 Å².